The highest BCUT2D eigenvalue weighted by atomic mass is 16.5. The molecule has 1 saturated heterocycles. The number of hydrogen-bond acceptors (Lipinski definition) is 4. The molecule has 2 N–H and O–H groups in total. The second-order valence-electron chi connectivity index (χ2n) is 5.23. The Morgan fingerprint density at radius 3 is 2.67 bits per heavy atom. The fourth-order valence-corrected chi connectivity index (χ4v) is 2.39. The zero-order valence-electron chi connectivity index (χ0n) is 11.9. The van der Waals surface area contributed by atoms with E-state index in [0.717, 1.165) is 32.4 Å². The van der Waals surface area contributed by atoms with Crippen LogP contribution in [0.15, 0.2) is 0 Å². The Labute approximate surface area is 110 Å². The minimum atomic E-state index is -0.384. The Morgan fingerprint density at radius 1 is 1.50 bits per heavy atom. The van der Waals surface area contributed by atoms with Crippen LogP contribution in [0.2, 0.25) is 0 Å². The number of methoxy groups -OCH3 is 1. The lowest BCUT2D eigenvalue weighted by Gasteiger charge is -2.36. The van der Waals surface area contributed by atoms with Crippen molar-refractivity contribution in [1.29, 1.82) is 0 Å². The van der Waals surface area contributed by atoms with Gasteiger partial charge in [-0.05, 0) is 45.8 Å². The maximum Gasteiger partial charge on any atom is 0.239 e. The molecule has 18 heavy (non-hydrogen) atoms. The summed E-state index contributed by atoms with van der Waals surface area (Å²) in [4.78, 5) is 16.3. The molecule has 1 fully saturated rings. The highest BCUT2D eigenvalue weighted by Crippen LogP contribution is 2.15. The summed E-state index contributed by atoms with van der Waals surface area (Å²) in [7, 11) is 5.67. The lowest BCUT2D eigenvalue weighted by molar-refractivity contribution is -0.134. The van der Waals surface area contributed by atoms with Crippen molar-refractivity contribution >= 4 is 5.91 Å². The Kier molecular flexibility index (Phi) is 6.60. The van der Waals surface area contributed by atoms with Crippen LogP contribution in [0, 0.1) is 0 Å². The molecule has 0 bridgehead atoms. The summed E-state index contributed by atoms with van der Waals surface area (Å²) in [5, 5.41) is 0. The van der Waals surface area contributed by atoms with Gasteiger partial charge in [-0.3, -0.25) is 4.79 Å². The fourth-order valence-electron chi connectivity index (χ4n) is 2.39. The largest absolute Gasteiger partial charge is 0.385 e. The van der Waals surface area contributed by atoms with Crippen molar-refractivity contribution in [3.8, 4) is 0 Å². The first kappa shape index (κ1) is 15.4. The number of nitrogens with two attached hydrogens (primary N) is 1. The summed E-state index contributed by atoms with van der Waals surface area (Å²) in [5.74, 6) is 0.0701. The van der Waals surface area contributed by atoms with Gasteiger partial charge < -0.3 is 20.3 Å². The van der Waals surface area contributed by atoms with Crippen LogP contribution < -0.4 is 5.73 Å². The number of piperidine rings is 1. The number of hydrogen-bond donors (Lipinski definition) is 1. The molecule has 0 saturated carbocycles. The highest BCUT2D eigenvalue weighted by Gasteiger charge is 2.26. The van der Waals surface area contributed by atoms with Crippen molar-refractivity contribution in [2.45, 2.75) is 37.8 Å². The highest BCUT2D eigenvalue weighted by molar-refractivity contribution is 5.81. The topological polar surface area (TPSA) is 58.8 Å². The molecule has 106 valence electrons. The summed E-state index contributed by atoms with van der Waals surface area (Å²) in [6, 6.07) is -0.0352. The second-order valence-corrected chi connectivity index (χ2v) is 5.23. The molecule has 0 aromatic rings. The van der Waals surface area contributed by atoms with Crippen molar-refractivity contribution < 1.29 is 9.53 Å². The van der Waals surface area contributed by atoms with Gasteiger partial charge in [-0.25, -0.2) is 0 Å². The number of likely N-dealkylation sites (tertiary alicyclic amines) is 1. The predicted molar refractivity (Wildman–Crippen MR) is 72.4 cm³/mol. The second kappa shape index (κ2) is 7.71. The van der Waals surface area contributed by atoms with Crippen LogP contribution >= 0.6 is 0 Å². The first-order valence-electron chi connectivity index (χ1n) is 6.76. The van der Waals surface area contributed by atoms with Gasteiger partial charge in [-0.2, -0.15) is 0 Å². The Hall–Kier alpha value is -0.650. The van der Waals surface area contributed by atoms with E-state index in [-0.39, 0.29) is 11.9 Å². The molecule has 1 heterocycles. The number of likely N-dealkylation sites (N-methyl/N-ethyl adjacent to an activating group) is 1. The Bertz CT molecular complexity index is 253. The molecule has 1 rings (SSSR count). The van der Waals surface area contributed by atoms with Crippen molar-refractivity contribution in [2.75, 3.05) is 40.9 Å². The maximum atomic E-state index is 12.2. The molecule has 0 aliphatic carbocycles. The molecule has 1 unspecified atom stereocenters. The smallest absolute Gasteiger partial charge is 0.239 e. The van der Waals surface area contributed by atoms with E-state index in [4.69, 9.17) is 10.5 Å². The number of amides is 1. The Morgan fingerprint density at radius 2 is 2.11 bits per heavy atom. The van der Waals surface area contributed by atoms with Crippen LogP contribution in [0.5, 0.6) is 0 Å². The van der Waals surface area contributed by atoms with Crippen LogP contribution in [0.3, 0.4) is 0 Å². The van der Waals surface area contributed by atoms with Gasteiger partial charge >= 0.3 is 0 Å². The molecule has 1 aliphatic rings. The third-order valence-electron chi connectivity index (χ3n) is 3.76. The van der Waals surface area contributed by atoms with Gasteiger partial charge in [-0.15, -0.1) is 0 Å². The van der Waals surface area contributed by atoms with E-state index < -0.39 is 0 Å². The van der Waals surface area contributed by atoms with E-state index in [1.54, 1.807) is 7.11 Å². The molecule has 1 aliphatic heterocycles. The minimum Gasteiger partial charge on any atom is -0.385 e. The molecule has 0 spiro atoms. The first-order chi connectivity index (χ1) is 8.56. The van der Waals surface area contributed by atoms with Crippen LogP contribution in [-0.2, 0) is 9.53 Å². The van der Waals surface area contributed by atoms with E-state index in [1.165, 1.54) is 0 Å². The van der Waals surface area contributed by atoms with E-state index >= 15 is 0 Å². The molecule has 5 heteroatoms. The van der Waals surface area contributed by atoms with Crippen molar-refractivity contribution in [1.82, 2.24) is 9.80 Å². The van der Waals surface area contributed by atoms with Gasteiger partial charge in [0.15, 0.2) is 0 Å². The quantitative estimate of drug-likeness (QED) is 0.695. The molecule has 0 aromatic carbocycles. The first-order valence-corrected chi connectivity index (χ1v) is 6.76. The molecular formula is C13H27N3O2. The monoisotopic (exact) mass is 257 g/mol. The predicted octanol–water partition coefficient (Wildman–Crippen LogP) is 0.293. The molecule has 1 amide bonds. The standard InChI is InChI=1S/C13H27N3O2/c1-15-8-6-11(7-9-15)16(2)13(17)12(14)5-4-10-18-3/h11-12H,4-10,14H2,1-3H3. The molecular weight excluding hydrogens is 230 g/mol. The summed E-state index contributed by atoms with van der Waals surface area (Å²) < 4.78 is 4.97. The number of carbonyl (C=O) groups is 1. The van der Waals surface area contributed by atoms with Gasteiger partial charge in [0.25, 0.3) is 0 Å². The van der Waals surface area contributed by atoms with Gasteiger partial charge in [-0.1, -0.05) is 0 Å². The average Bonchev–Trinajstić information content (AvgIpc) is 2.38. The zero-order valence-corrected chi connectivity index (χ0v) is 11.9. The van der Waals surface area contributed by atoms with Crippen LogP contribution in [0.1, 0.15) is 25.7 Å². The minimum absolute atomic E-state index is 0.0701. The van der Waals surface area contributed by atoms with Crippen LogP contribution in [-0.4, -0.2) is 68.7 Å². The molecule has 5 nitrogen and oxygen atoms in total. The van der Waals surface area contributed by atoms with Crippen molar-refractivity contribution in [2.24, 2.45) is 5.73 Å². The van der Waals surface area contributed by atoms with Crippen LogP contribution in [0.4, 0.5) is 0 Å². The summed E-state index contributed by atoms with van der Waals surface area (Å²) in [5.41, 5.74) is 5.94. The van der Waals surface area contributed by atoms with Gasteiger partial charge in [0.1, 0.15) is 0 Å². The Balaban J connectivity index is 2.35. The number of ether oxygens (including phenoxy) is 1. The molecule has 0 radical (unpaired) electrons. The molecule has 1 atom stereocenters. The fraction of sp³-hybridized carbons (Fsp3) is 0.923. The van der Waals surface area contributed by atoms with Crippen molar-refractivity contribution in [3.63, 3.8) is 0 Å². The zero-order chi connectivity index (χ0) is 13.5. The third kappa shape index (κ3) is 4.55. The van der Waals surface area contributed by atoms with Crippen LogP contribution in [0.25, 0.3) is 0 Å². The number of carbonyl (C=O) groups excluding carboxylic acids is 1. The van der Waals surface area contributed by atoms with E-state index in [2.05, 4.69) is 11.9 Å². The SMILES string of the molecule is COCCCC(N)C(=O)N(C)C1CCN(C)CC1. The summed E-state index contributed by atoms with van der Waals surface area (Å²) in [6.45, 7) is 2.78. The van der Waals surface area contributed by atoms with Gasteiger partial charge in [0.2, 0.25) is 5.91 Å². The van der Waals surface area contributed by atoms with E-state index in [9.17, 15) is 4.79 Å². The normalized spacial score (nSPS) is 19.8. The summed E-state index contributed by atoms with van der Waals surface area (Å²) >= 11 is 0. The lowest BCUT2D eigenvalue weighted by Crippen LogP contribution is -2.50. The third-order valence-corrected chi connectivity index (χ3v) is 3.76. The maximum absolute atomic E-state index is 12.2. The van der Waals surface area contributed by atoms with E-state index in [0.29, 0.717) is 19.1 Å². The summed E-state index contributed by atoms with van der Waals surface area (Å²) in [6.07, 6.45) is 3.63. The molecule has 0 aromatic heterocycles. The average molecular weight is 257 g/mol. The van der Waals surface area contributed by atoms with E-state index in [1.807, 2.05) is 11.9 Å². The van der Waals surface area contributed by atoms with Gasteiger partial charge in [0, 0.05) is 26.8 Å². The number of rotatable bonds is 6. The van der Waals surface area contributed by atoms with Gasteiger partial charge in [0.05, 0.1) is 6.04 Å². The van der Waals surface area contributed by atoms with Crippen molar-refractivity contribution in [3.05, 3.63) is 0 Å². The lowest BCUT2D eigenvalue weighted by atomic mass is 10.0. The number of nitrogens with zero attached hydrogens (tertiary/aromatic N) is 2.